The lowest BCUT2D eigenvalue weighted by molar-refractivity contribution is -0.136. The van der Waals surface area contributed by atoms with Gasteiger partial charge in [-0.1, -0.05) is 17.7 Å². The highest BCUT2D eigenvalue weighted by atomic mass is 32.2. The first-order valence-corrected chi connectivity index (χ1v) is 10.1. The molecule has 0 bridgehead atoms. The molecule has 0 saturated carbocycles. The lowest BCUT2D eigenvalue weighted by Crippen LogP contribution is -2.37. The molecule has 1 aromatic heterocycles. The van der Waals surface area contributed by atoms with Gasteiger partial charge in [-0.05, 0) is 46.1 Å². The van der Waals surface area contributed by atoms with Gasteiger partial charge in [-0.25, -0.2) is 4.68 Å². The van der Waals surface area contributed by atoms with Crippen LogP contribution in [-0.4, -0.2) is 53.7 Å². The van der Waals surface area contributed by atoms with E-state index in [4.69, 9.17) is 0 Å². The van der Waals surface area contributed by atoms with Gasteiger partial charge < -0.3 is 15.5 Å². The number of nitrogens with zero attached hydrogens (tertiary/aromatic N) is 3. The molecule has 0 spiro atoms. The fourth-order valence-corrected chi connectivity index (χ4v) is 3.89. The van der Waals surface area contributed by atoms with Crippen LogP contribution in [0, 0.1) is 6.92 Å². The number of hydrogen-bond acceptors (Lipinski definition) is 5. The molecule has 2 aromatic rings. The third-order valence-corrected chi connectivity index (χ3v) is 5.31. The maximum absolute atomic E-state index is 12.4. The average molecular weight is 388 g/mol. The second kappa shape index (κ2) is 8.58. The summed E-state index contributed by atoms with van der Waals surface area (Å²) in [5, 5.41) is 10.1. The third kappa shape index (κ3) is 4.70. The summed E-state index contributed by atoms with van der Waals surface area (Å²) in [7, 11) is 3.94. The van der Waals surface area contributed by atoms with Gasteiger partial charge in [0.2, 0.25) is 0 Å². The number of aromatic nitrogens is 2. The van der Waals surface area contributed by atoms with Crippen LogP contribution in [0.4, 0.5) is 5.82 Å². The van der Waals surface area contributed by atoms with Gasteiger partial charge in [-0.3, -0.25) is 9.59 Å². The Hall–Kier alpha value is -2.32. The van der Waals surface area contributed by atoms with Gasteiger partial charge in [0, 0.05) is 23.6 Å². The minimum atomic E-state index is -0.659. The standard InChI is InChI=1S/C19H25N5O2S/c1-13-5-7-14(8-6-13)24-17(15-11-27-12-16(15)22-24)21-19(26)18(25)20-9-4-10-23(2)3/h5-8H,4,9-12H2,1-3H3,(H,20,25)(H,21,26). The number of aryl methyl sites for hydroxylation is 1. The van der Waals surface area contributed by atoms with E-state index in [0.29, 0.717) is 12.4 Å². The zero-order valence-electron chi connectivity index (χ0n) is 15.9. The van der Waals surface area contributed by atoms with E-state index in [1.165, 1.54) is 0 Å². The van der Waals surface area contributed by atoms with Crippen molar-refractivity contribution in [3.05, 3.63) is 41.1 Å². The number of amides is 2. The van der Waals surface area contributed by atoms with Crippen molar-refractivity contribution in [1.29, 1.82) is 0 Å². The number of fused-ring (bicyclic) bond motifs is 1. The van der Waals surface area contributed by atoms with Crippen LogP contribution in [0.2, 0.25) is 0 Å². The fraction of sp³-hybridized carbons (Fsp3) is 0.421. The first kappa shape index (κ1) is 19.4. The number of thioether (sulfide) groups is 1. The Morgan fingerprint density at radius 1 is 1.19 bits per heavy atom. The zero-order chi connectivity index (χ0) is 19.4. The van der Waals surface area contributed by atoms with Crippen molar-refractivity contribution in [2.75, 3.05) is 32.5 Å². The highest BCUT2D eigenvalue weighted by Crippen LogP contribution is 2.36. The van der Waals surface area contributed by atoms with E-state index in [9.17, 15) is 9.59 Å². The van der Waals surface area contributed by atoms with Gasteiger partial charge in [0.15, 0.2) is 0 Å². The van der Waals surface area contributed by atoms with E-state index in [1.54, 1.807) is 16.4 Å². The van der Waals surface area contributed by atoms with Crippen molar-refractivity contribution in [3.63, 3.8) is 0 Å². The summed E-state index contributed by atoms with van der Waals surface area (Å²) < 4.78 is 1.72. The summed E-state index contributed by atoms with van der Waals surface area (Å²) in [4.78, 5) is 26.6. The molecule has 2 amide bonds. The molecule has 0 saturated heterocycles. The molecule has 7 nitrogen and oxygen atoms in total. The minimum Gasteiger partial charge on any atom is -0.348 e. The summed E-state index contributed by atoms with van der Waals surface area (Å²) in [5.41, 5.74) is 3.97. The number of anilines is 1. The first-order valence-electron chi connectivity index (χ1n) is 8.95. The van der Waals surface area contributed by atoms with Crippen LogP contribution in [-0.2, 0) is 21.1 Å². The van der Waals surface area contributed by atoms with Crippen molar-refractivity contribution >= 4 is 29.4 Å². The van der Waals surface area contributed by atoms with E-state index in [2.05, 4.69) is 15.7 Å². The molecule has 144 valence electrons. The molecule has 1 aromatic carbocycles. The predicted octanol–water partition coefficient (Wildman–Crippen LogP) is 1.93. The molecule has 8 heteroatoms. The smallest absolute Gasteiger partial charge is 0.314 e. The molecule has 0 atom stereocenters. The molecule has 1 aliphatic rings. The van der Waals surface area contributed by atoms with Gasteiger partial charge in [-0.2, -0.15) is 16.9 Å². The number of rotatable bonds is 6. The van der Waals surface area contributed by atoms with E-state index in [1.807, 2.05) is 50.2 Å². The Bertz CT molecular complexity index is 829. The van der Waals surface area contributed by atoms with Crippen LogP contribution >= 0.6 is 11.8 Å². The molecule has 2 N–H and O–H groups in total. The molecule has 0 fully saturated rings. The molecule has 1 aliphatic heterocycles. The summed E-state index contributed by atoms with van der Waals surface area (Å²) in [6, 6.07) is 7.92. The third-order valence-electron chi connectivity index (χ3n) is 4.34. The fourth-order valence-electron chi connectivity index (χ4n) is 2.86. The van der Waals surface area contributed by atoms with Crippen molar-refractivity contribution in [2.45, 2.75) is 24.9 Å². The number of benzene rings is 1. The van der Waals surface area contributed by atoms with Crippen LogP contribution in [0.1, 0.15) is 23.2 Å². The Labute approximate surface area is 163 Å². The predicted molar refractivity (Wildman–Crippen MR) is 108 cm³/mol. The quantitative estimate of drug-likeness (QED) is 0.585. The molecular weight excluding hydrogens is 362 g/mol. The SMILES string of the molecule is Cc1ccc(-n2nc3c(c2NC(=O)C(=O)NCCCN(C)C)CSC3)cc1. The summed E-state index contributed by atoms with van der Waals surface area (Å²) >= 11 is 1.75. The molecule has 3 rings (SSSR count). The van der Waals surface area contributed by atoms with Crippen LogP contribution < -0.4 is 10.6 Å². The Kier molecular flexibility index (Phi) is 6.18. The second-order valence-corrected chi connectivity index (χ2v) is 7.87. The summed E-state index contributed by atoms with van der Waals surface area (Å²) in [6.45, 7) is 3.34. The van der Waals surface area contributed by atoms with Crippen LogP contribution in [0.15, 0.2) is 24.3 Å². The van der Waals surface area contributed by atoms with E-state index >= 15 is 0 Å². The number of hydrogen-bond donors (Lipinski definition) is 2. The van der Waals surface area contributed by atoms with Crippen LogP contribution in [0.25, 0.3) is 5.69 Å². The Morgan fingerprint density at radius 3 is 2.63 bits per heavy atom. The largest absolute Gasteiger partial charge is 0.348 e. The van der Waals surface area contributed by atoms with Crippen molar-refractivity contribution in [3.8, 4) is 5.69 Å². The van der Waals surface area contributed by atoms with Crippen molar-refractivity contribution in [2.24, 2.45) is 0 Å². The second-order valence-electron chi connectivity index (χ2n) is 6.88. The first-order chi connectivity index (χ1) is 13.0. The zero-order valence-corrected chi connectivity index (χ0v) is 16.7. The normalized spacial score (nSPS) is 12.9. The summed E-state index contributed by atoms with van der Waals surface area (Å²) in [6.07, 6.45) is 0.791. The van der Waals surface area contributed by atoms with E-state index in [-0.39, 0.29) is 0 Å². The molecular formula is C19H25N5O2S. The highest BCUT2D eigenvalue weighted by molar-refractivity contribution is 7.98. The highest BCUT2D eigenvalue weighted by Gasteiger charge is 2.26. The van der Waals surface area contributed by atoms with E-state index < -0.39 is 11.8 Å². The number of nitrogens with one attached hydrogen (secondary N) is 2. The van der Waals surface area contributed by atoms with Crippen molar-refractivity contribution in [1.82, 2.24) is 20.0 Å². The maximum Gasteiger partial charge on any atom is 0.314 e. The van der Waals surface area contributed by atoms with Gasteiger partial charge in [0.1, 0.15) is 5.82 Å². The van der Waals surface area contributed by atoms with Gasteiger partial charge >= 0.3 is 11.8 Å². The number of carbonyl (C=O) groups is 2. The average Bonchev–Trinajstić information content (AvgIpc) is 3.21. The molecule has 0 radical (unpaired) electrons. The van der Waals surface area contributed by atoms with Crippen LogP contribution in [0.3, 0.4) is 0 Å². The topological polar surface area (TPSA) is 79.3 Å². The van der Waals surface area contributed by atoms with Crippen molar-refractivity contribution < 1.29 is 9.59 Å². The molecule has 27 heavy (non-hydrogen) atoms. The lowest BCUT2D eigenvalue weighted by Gasteiger charge is -2.12. The van der Waals surface area contributed by atoms with Crippen LogP contribution in [0.5, 0.6) is 0 Å². The Morgan fingerprint density at radius 2 is 1.93 bits per heavy atom. The van der Waals surface area contributed by atoms with Gasteiger partial charge in [-0.15, -0.1) is 0 Å². The molecule has 2 heterocycles. The maximum atomic E-state index is 12.4. The van der Waals surface area contributed by atoms with Gasteiger partial charge in [0.05, 0.1) is 11.4 Å². The van der Waals surface area contributed by atoms with E-state index in [0.717, 1.165) is 47.0 Å². The monoisotopic (exact) mass is 387 g/mol. The van der Waals surface area contributed by atoms with Gasteiger partial charge in [0.25, 0.3) is 0 Å². The molecule has 0 aliphatic carbocycles. The summed E-state index contributed by atoms with van der Waals surface area (Å²) in [5.74, 6) is 0.902. The molecule has 0 unspecified atom stereocenters. The minimum absolute atomic E-state index is 0.468. The number of carbonyl (C=O) groups excluding carboxylic acids is 2. The Balaban J connectivity index is 1.73. The lowest BCUT2D eigenvalue weighted by atomic mass is 10.2.